The van der Waals surface area contributed by atoms with Gasteiger partial charge in [0.2, 0.25) is 0 Å². The Labute approximate surface area is 95.3 Å². The Morgan fingerprint density at radius 1 is 1.69 bits per heavy atom. The van der Waals surface area contributed by atoms with Crippen molar-refractivity contribution in [1.82, 2.24) is 9.88 Å². The molecule has 0 spiro atoms. The molecule has 1 aromatic heterocycles. The molecular weight excluding hydrogens is 204 g/mol. The lowest BCUT2D eigenvalue weighted by Gasteiger charge is -2.33. The molecule has 0 bridgehead atoms. The number of H-pyrrole nitrogens is 1. The second-order valence-electron chi connectivity index (χ2n) is 4.48. The van der Waals surface area contributed by atoms with Crippen LogP contribution in [-0.4, -0.2) is 40.1 Å². The largest absolute Gasteiger partial charge is 0.393 e. The molecule has 1 saturated heterocycles. The number of likely N-dealkylation sites (tertiary alicyclic amines) is 1. The molecule has 4 heteroatoms. The zero-order valence-electron chi connectivity index (χ0n) is 9.52. The minimum Gasteiger partial charge on any atom is -0.393 e. The van der Waals surface area contributed by atoms with Crippen LogP contribution < -0.4 is 0 Å². The fourth-order valence-electron chi connectivity index (χ4n) is 2.22. The molecule has 1 aromatic rings. The van der Waals surface area contributed by atoms with E-state index in [4.69, 9.17) is 0 Å². The summed E-state index contributed by atoms with van der Waals surface area (Å²) in [5.74, 6) is 0.253. The highest BCUT2D eigenvalue weighted by Gasteiger charge is 2.27. The summed E-state index contributed by atoms with van der Waals surface area (Å²) in [6, 6.07) is 3.61. The van der Waals surface area contributed by atoms with Gasteiger partial charge in [0.15, 0.2) is 0 Å². The summed E-state index contributed by atoms with van der Waals surface area (Å²) in [5.41, 5.74) is 0.631. The van der Waals surface area contributed by atoms with Crippen LogP contribution in [0.15, 0.2) is 18.3 Å². The van der Waals surface area contributed by atoms with Crippen molar-refractivity contribution in [3.05, 3.63) is 24.0 Å². The molecule has 2 unspecified atom stereocenters. The number of piperidine rings is 1. The third kappa shape index (κ3) is 2.27. The first-order valence-electron chi connectivity index (χ1n) is 5.79. The molecule has 1 aliphatic rings. The average molecular weight is 222 g/mol. The van der Waals surface area contributed by atoms with Crippen molar-refractivity contribution in [2.24, 2.45) is 5.92 Å². The van der Waals surface area contributed by atoms with Gasteiger partial charge in [-0.1, -0.05) is 0 Å². The second kappa shape index (κ2) is 4.70. The van der Waals surface area contributed by atoms with Crippen molar-refractivity contribution < 1.29 is 9.90 Å². The Morgan fingerprint density at radius 3 is 3.12 bits per heavy atom. The van der Waals surface area contributed by atoms with Crippen molar-refractivity contribution in [3.8, 4) is 0 Å². The van der Waals surface area contributed by atoms with Crippen LogP contribution in [0.5, 0.6) is 0 Å². The minimum atomic E-state index is -0.334. The lowest BCUT2D eigenvalue weighted by molar-refractivity contribution is 0.0462. The molecule has 0 aliphatic carbocycles. The quantitative estimate of drug-likeness (QED) is 0.791. The maximum Gasteiger partial charge on any atom is 0.270 e. The van der Waals surface area contributed by atoms with Gasteiger partial charge < -0.3 is 15.0 Å². The van der Waals surface area contributed by atoms with Gasteiger partial charge in [-0.25, -0.2) is 0 Å². The number of amides is 1. The van der Waals surface area contributed by atoms with Crippen molar-refractivity contribution in [2.45, 2.75) is 25.9 Å². The van der Waals surface area contributed by atoms with Crippen molar-refractivity contribution in [1.29, 1.82) is 0 Å². The third-order valence-corrected chi connectivity index (χ3v) is 3.26. The molecule has 1 fully saturated rings. The summed E-state index contributed by atoms with van der Waals surface area (Å²) < 4.78 is 0. The molecule has 0 saturated carbocycles. The van der Waals surface area contributed by atoms with E-state index in [0.717, 1.165) is 19.4 Å². The molecule has 1 aliphatic heterocycles. The third-order valence-electron chi connectivity index (χ3n) is 3.26. The zero-order valence-corrected chi connectivity index (χ0v) is 9.52. The summed E-state index contributed by atoms with van der Waals surface area (Å²) in [5, 5.41) is 9.56. The molecule has 2 heterocycles. The number of rotatable bonds is 2. The average Bonchev–Trinajstić information content (AvgIpc) is 2.81. The van der Waals surface area contributed by atoms with Crippen LogP contribution in [0.3, 0.4) is 0 Å². The van der Waals surface area contributed by atoms with Crippen molar-refractivity contribution in [3.63, 3.8) is 0 Å². The summed E-state index contributed by atoms with van der Waals surface area (Å²) >= 11 is 0. The van der Waals surface area contributed by atoms with E-state index in [9.17, 15) is 9.90 Å². The second-order valence-corrected chi connectivity index (χ2v) is 4.48. The molecule has 2 N–H and O–H groups in total. The van der Waals surface area contributed by atoms with Crippen LogP contribution in [-0.2, 0) is 0 Å². The van der Waals surface area contributed by atoms with Gasteiger partial charge in [0.1, 0.15) is 5.69 Å². The first-order chi connectivity index (χ1) is 7.68. The number of nitrogens with zero attached hydrogens (tertiary/aromatic N) is 1. The van der Waals surface area contributed by atoms with E-state index in [0.29, 0.717) is 12.2 Å². The van der Waals surface area contributed by atoms with Gasteiger partial charge >= 0.3 is 0 Å². The fourth-order valence-corrected chi connectivity index (χ4v) is 2.22. The maximum absolute atomic E-state index is 12.0. The van der Waals surface area contributed by atoms with E-state index in [-0.39, 0.29) is 17.9 Å². The summed E-state index contributed by atoms with van der Waals surface area (Å²) in [6.07, 6.45) is 3.40. The Balaban J connectivity index is 2.02. The van der Waals surface area contributed by atoms with E-state index >= 15 is 0 Å². The highest BCUT2D eigenvalue weighted by molar-refractivity contribution is 5.92. The molecule has 88 valence electrons. The van der Waals surface area contributed by atoms with Gasteiger partial charge in [-0.05, 0) is 31.9 Å². The number of carbonyl (C=O) groups is 1. The topological polar surface area (TPSA) is 56.3 Å². The van der Waals surface area contributed by atoms with E-state index in [1.807, 2.05) is 11.0 Å². The number of carbonyl (C=O) groups excluding carboxylic acids is 1. The Bertz CT molecular complexity index is 346. The minimum absolute atomic E-state index is 0.0374. The Kier molecular flexibility index (Phi) is 3.29. The van der Waals surface area contributed by atoms with Crippen LogP contribution in [0.1, 0.15) is 30.3 Å². The highest BCUT2D eigenvalue weighted by Crippen LogP contribution is 2.20. The highest BCUT2D eigenvalue weighted by atomic mass is 16.3. The van der Waals surface area contributed by atoms with E-state index < -0.39 is 0 Å². The maximum atomic E-state index is 12.0. The van der Waals surface area contributed by atoms with Gasteiger partial charge in [0.05, 0.1) is 6.10 Å². The molecule has 4 nitrogen and oxygen atoms in total. The molecule has 2 atom stereocenters. The van der Waals surface area contributed by atoms with Gasteiger partial charge in [0, 0.05) is 25.2 Å². The molecule has 1 amide bonds. The Morgan fingerprint density at radius 2 is 2.50 bits per heavy atom. The van der Waals surface area contributed by atoms with Gasteiger partial charge in [-0.2, -0.15) is 0 Å². The molecule has 0 aromatic carbocycles. The Hall–Kier alpha value is -1.29. The molecule has 0 radical (unpaired) electrons. The van der Waals surface area contributed by atoms with Gasteiger partial charge in [-0.15, -0.1) is 0 Å². The smallest absolute Gasteiger partial charge is 0.270 e. The first kappa shape index (κ1) is 11.2. The van der Waals surface area contributed by atoms with Crippen LogP contribution >= 0.6 is 0 Å². The number of aliphatic hydroxyl groups excluding tert-OH is 1. The summed E-state index contributed by atoms with van der Waals surface area (Å²) in [7, 11) is 0. The molecule has 16 heavy (non-hydrogen) atoms. The fraction of sp³-hybridized carbons (Fsp3) is 0.583. The predicted octanol–water partition coefficient (Wildman–Crippen LogP) is 1.25. The monoisotopic (exact) mass is 222 g/mol. The number of hydrogen-bond acceptors (Lipinski definition) is 2. The van der Waals surface area contributed by atoms with Crippen LogP contribution in [0.25, 0.3) is 0 Å². The van der Waals surface area contributed by atoms with Crippen LogP contribution in [0, 0.1) is 5.92 Å². The molecular formula is C12H18N2O2. The lowest BCUT2D eigenvalue weighted by Crippen LogP contribution is -2.43. The van der Waals surface area contributed by atoms with Gasteiger partial charge in [-0.3, -0.25) is 4.79 Å². The van der Waals surface area contributed by atoms with Crippen LogP contribution in [0.4, 0.5) is 0 Å². The normalized spacial score (nSPS) is 23.1. The SMILES string of the molecule is CC(O)C1CCCN(C(=O)c2ccc[nH]2)C1. The summed E-state index contributed by atoms with van der Waals surface area (Å²) in [6.45, 7) is 3.25. The number of hydrogen-bond donors (Lipinski definition) is 2. The van der Waals surface area contributed by atoms with Crippen molar-refractivity contribution >= 4 is 5.91 Å². The van der Waals surface area contributed by atoms with E-state index in [1.54, 1.807) is 19.2 Å². The number of nitrogens with one attached hydrogen (secondary N) is 1. The summed E-state index contributed by atoms with van der Waals surface area (Å²) in [4.78, 5) is 16.8. The lowest BCUT2D eigenvalue weighted by atomic mass is 9.93. The predicted molar refractivity (Wildman–Crippen MR) is 61.1 cm³/mol. The van der Waals surface area contributed by atoms with Crippen LogP contribution in [0.2, 0.25) is 0 Å². The van der Waals surface area contributed by atoms with Crippen molar-refractivity contribution in [2.75, 3.05) is 13.1 Å². The zero-order chi connectivity index (χ0) is 11.5. The molecule has 2 rings (SSSR count). The van der Waals surface area contributed by atoms with E-state index in [1.165, 1.54) is 0 Å². The standard InChI is InChI=1S/C12H18N2O2/c1-9(15)10-4-3-7-14(8-10)12(16)11-5-2-6-13-11/h2,5-6,9-10,13,15H,3-4,7-8H2,1H3. The van der Waals surface area contributed by atoms with Gasteiger partial charge in [0.25, 0.3) is 5.91 Å². The number of aromatic nitrogens is 1. The first-order valence-corrected chi connectivity index (χ1v) is 5.79. The van der Waals surface area contributed by atoms with E-state index in [2.05, 4.69) is 4.98 Å². The number of aromatic amines is 1. The number of aliphatic hydroxyl groups is 1.